The first kappa shape index (κ1) is 8.22. The molecule has 1 atom stereocenters. The van der Waals surface area contributed by atoms with Crippen LogP contribution in [0.2, 0.25) is 0 Å². The number of rotatable bonds is 1. The van der Waals surface area contributed by atoms with E-state index in [1.807, 2.05) is 10.6 Å². The Hall–Kier alpha value is -2.11. The standard InChI is InChI=1S/C9H9N5O/c10-8-7-9(12-4-11-8)14(5-13-7)6-2-1-3-15-6/h1,3-6H,2H2,(H2,10,11,12)/t6-/m1/s1. The SMILES string of the molecule is Nc1ncnc2c1ncn2[C@H]1CC=CO1. The van der Waals surface area contributed by atoms with E-state index in [1.165, 1.54) is 6.33 Å². The molecule has 0 saturated carbocycles. The number of anilines is 1. The minimum atomic E-state index is -0.0655. The Labute approximate surface area is 85.4 Å². The summed E-state index contributed by atoms with van der Waals surface area (Å²) >= 11 is 0. The molecule has 2 aromatic rings. The third-order valence-corrected chi connectivity index (χ3v) is 2.37. The summed E-state index contributed by atoms with van der Waals surface area (Å²) in [4.78, 5) is 12.2. The molecule has 1 aliphatic rings. The molecule has 76 valence electrons. The fourth-order valence-electron chi connectivity index (χ4n) is 1.63. The third-order valence-electron chi connectivity index (χ3n) is 2.37. The van der Waals surface area contributed by atoms with Crippen molar-refractivity contribution >= 4 is 17.0 Å². The molecule has 0 amide bonds. The molecule has 2 N–H and O–H groups in total. The minimum Gasteiger partial charge on any atom is -0.478 e. The maximum absolute atomic E-state index is 5.68. The van der Waals surface area contributed by atoms with Crippen LogP contribution < -0.4 is 5.73 Å². The van der Waals surface area contributed by atoms with Gasteiger partial charge in [-0.25, -0.2) is 15.0 Å². The molecule has 0 bridgehead atoms. The molecule has 1 aliphatic heterocycles. The Bertz CT molecular complexity index is 524. The topological polar surface area (TPSA) is 78.9 Å². The van der Waals surface area contributed by atoms with Gasteiger partial charge >= 0.3 is 0 Å². The van der Waals surface area contributed by atoms with E-state index in [2.05, 4.69) is 15.0 Å². The first-order chi connectivity index (χ1) is 7.36. The molecule has 3 heterocycles. The van der Waals surface area contributed by atoms with E-state index in [1.54, 1.807) is 12.6 Å². The molecule has 0 unspecified atom stereocenters. The molecule has 0 radical (unpaired) electrons. The van der Waals surface area contributed by atoms with E-state index < -0.39 is 0 Å². The molecule has 0 fully saturated rings. The van der Waals surface area contributed by atoms with Crippen LogP contribution in [0.25, 0.3) is 11.2 Å². The summed E-state index contributed by atoms with van der Waals surface area (Å²) in [5.74, 6) is 0.393. The zero-order chi connectivity index (χ0) is 10.3. The summed E-state index contributed by atoms with van der Waals surface area (Å²) in [5, 5.41) is 0. The van der Waals surface area contributed by atoms with Crippen LogP contribution in [0.3, 0.4) is 0 Å². The predicted octanol–water partition coefficient (Wildman–Crippen LogP) is 0.841. The first-order valence-electron chi connectivity index (χ1n) is 4.60. The van der Waals surface area contributed by atoms with Crippen LogP contribution >= 0.6 is 0 Å². The summed E-state index contributed by atoms with van der Waals surface area (Å²) in [6, 6.07) is 0. The Morgan fingerprint density at radius 2 is 2.33 bits per heavy atom. The van der Waals surface area contributed by atoms with Crippen LogP contribution in [-0.4, -0.2) is 19.5 Å². The van der Waals surface area contributed by atoms with Crippen LogP contribution in [0.5, 0.6) is 0 Å². The van der Waals surface area contributed by atoms with Crippen molar-refractivity contribution in [2.45, 2.75) is 12.6 Å². The summed E-state index contributed by atoms with van der Waals surface area (Å²) in [6.45, 7) is 0. The van der Waals surface area contributed by atoms with Gasteiger partial charge in [-0.1, -0.05) is 0 Å². The zero-order valence-electron chi connectivity index (χ0n) is 7.87. The van der Waals surface area contributed by atoms with E-state index in [9.17, 15) is 0 Å². The van der Waals surface area contributed by atoms with Crippen LogP contribution in [0.4, 0.5) is 5.82 Å². The van der Waals surface area contributed by atoms with Crippen molar-refractivity contribution in [1.82, 2.24) is 19.5 Å². The monoisotopic (exact) mass is 203 g/mol. The number of hydrogen-bond donors (Lipinski definition) is 1. The summed E-state index contributed by atoms with van der Waals surface area (Å²) in [7, 11) is 0. The van der Waals surface area contributed by atoms with Gasteiger partial charge in [0, 0.05) is 6.42 Å². The molecule has 0 aromatic carbocycles. The van der Waals surface area contributed by atoms with Crippen molar-refractivity contribution in [2.75, 3.05) is 5.73 Å². The lowest BCUT2D eigenvalue weighted by molar-refractivity contribution is 0.108. The zero-order valence-corrected chi connectivity index (χ0v) is 7.87. The average molecular weight is 203 g/mol. The van der Waals surface area contributed by atoms with E-state index >= 15 is 0 Å². The highest BCUT2D eigenvalue weighted by Gasteiger charge is 2.17. The van der Waals surface area contributed by atoms with Crippen molar-refractivity contribution in [3.8, 4) is 0 Å². The molecule has 6 nitrogen and oxygen atoms in total. The van der Waals surface area contributed by atoms with Crippen molar-refractivity contribution < 1.29 is 4.74 Å². The number of imidazole rings is 1. The molecule has 3 rings (SSSR count). The molecule has 0 saturated heterocycles. The minimum absolute atomic E-state index is 0.0655. The lowest BCUT2D eigenvalue weighted by Crippen LogP contribution is -2.06. The maximum Gasteiger partial charge on any atom is 0.181 e. The molecule has 15 heavy (non-hydrogen) atoms. The molecule has 2 aromatic heterocycles. The fourth-order valence-corrected chi connectivity index (χ4v) is 1.63. The first-order valence-corrected chi connectivity index (χ1v) is 4.60. The number of aromatic nitrogens is 4. The second kappa shape index (κ2) is 2.94. The van der Waals surface area contributed by atoms with Crippen molar-refractivity contribution in [1.29, 1.82) is 0 Å². The molecule has 0 spiro atoms. The van der Waals surface area contributed by atoms with Crippen LogP contribution in [0.1, 0.15) is 12.6 Å². The lowest BCUT2D eigenvalue weighted by Gasteiger charge is -2.11. The smallest absolute Gasteiger partial charge is 0.181 e. The van der Waals surface area contributed by atoms with Gasteiger partial charge in [0.2, 0.25) is 0 Å². The van der Waals surface area contributed by atoms with Gasteiger partial charge < -0.3 is 10.5 Å². The van der Waals surface area contributed by atoms with Crippen molar-refractivity contribution in [3.05, 3.63) is 25.0 Å². The Balaban J connectivity index is 2.16. The molecular formula is C9H9N5O. The highest BCUT2D eigenvalue weighted by molar-refractivity contribution is 5.81. The Morgan fingerprint density at radius 3 is 3.13 bits per heavy atom. The quantitative estimate of drug-likeness (QED) is 0.743. The van der Waals surface area contributed by atoms with E-state index in [0.29, 0.717) is 17.0 Å². The molecular weight excluding hydrogens is 194 g/mol. The van der Waals surface area contributed by atoms with E-state index in [-0.39, 0.29) is 6.23 Å². The van der Waals surface area contributed by atoms with Crippen molar-refractivity contribution in [3.63, 3.8) is 0 Å². The highest BCUT2D eigenvalue weighted by atomic mass is 16.5. The summed E-state index contributed by atoms with van der Waals surface area (Å²) in [5.41, 5.74) is 7.01. The average Bonchev–Trinajstić information content (AvgIpc) is 2.85. The molecule has 6 heteroatoms. The van der Waals surface area contributed by atoms with Crippen LogP contribution in [0.15, 0.2) is 25.0 Å². The maximum atomic E-state index is 5.68. The van der Waals surface area contributed by atoms with Gasteiger partial charge in [0.15, 0.2) is 17.7 Å². The van der Waals surface area contributed by atoms with Gasteiger partial charge in [-0.2, -0.15) is 0 Å². The number of nitrogens with zero attached hydrogens (tertiary/aromatic N) is 4. The van der Waals surface area contributed by atoms with E-state index in [0.717, 1.165) is 6.42 Å². The normalized spacial score (nSPS) is 19.6. The summed E-state index contributed by atoms with van der Waals surface area (Å²) < 4.78 is 7.24. The predicted molar refractivity (Wildman–Crippen MR) is 53.6 cm³/mol. The second-order valence-electron chi connectivity index (χ2n) is 3.28. The highest BCUT2D eigenvalue weighted by Crippen LogP contribution is 2.25. The van der Waals surface area contributed by atoms with Crippen LogP contribution in [0, 0.1) is 0 Å². The van der Waals surface area contributed by atoms with Gasteiger partial charge in [-0.3, -0.25) is 4.57 Å². The van der Waals surface area contributed by atoms with Gasteiger partial charge in [-0.05, 0) is 6.08 Å². The number of nitrogen functional groups attached to an aromatic ring is 1. The second-order valence-corrected chi connectivity index (χ2v) is 3.28. The number of hydrogen-bond acceptors (Lipinski definition) is 5. The van der Waals surface area contributed by atoms with Gasteiger partial charge in [0.25, 0.3) is 0 Å². The summed E-state index contributed by atoms with van der Waals surface area (Å²) in [6.07, 6.45) is 7.49. The lowest BCUT2D eigenvalue weighted by atomic mass is 10.4. The number of ether oxygens (including phenoxy) is 1. The number of fused-ring (bicyclic) bond motifs is 1. The Kier molecular flexibility index (Phi) is 1.61. The fraction of sp³-hybridized carbons (Fsp3) is 0.222. The van der Waals surface area contributed by atoms with Gasteiger partial charge in [0.1, 0.15) is 18.2 Å². The van der Waals surface area contributed by atoms with Crippen molar-refractivity contribution in [2.24, 2.45) is 0 Å². The number of nitrogens with two attached hydrogens (primary N) is 1. The largest absolute Gasteiger partial charge is 0.478 e. The van der Waals surface area contributed by atoms with Gasteiger partial charge in [-0.15, -0.1) is 0 Å². The van der Waals surface area contributed by atoms with Crippen LogP contribution in [-0.2, 0) is 4.74 Å². The van der Waals surface area contributed by atoms with E-state index in [4.69, 9.17) is 10.5 Å². The van der Waals surface area contributed by atoms with Gasteiger partial charge in [0.05, 0.1) is 6.26 Å². The molecule has 0 aliphatic carbocycles. The Morgan fingerprint density at radius 1 is 1.40 bits per heavy atom. The third kappa shape index (κ3) is 1.14.